The number of hydrogen-bond donors (Lipinski definition) is 2. The number of thioether (sulfide) groups is 1. The van der Waals surface area contributed by atoms with E-state index in [-0.39, 0.29) is 11.4 Å². The number of nitrogens with zero attached hydrogens (tertiary/aromatic N) is 2. The van der Waals surface area contributed by atoms with Gasteiger partial charge < -0.3 is 4.90 Å². The van der Waals surface area contributed by atoms with E-state index in [2.05, 4.69) is 94.2 Å². The molecular weight excluding hydrogens is 793 g/mol. The van der Waals surface area contributed by atoms with Crippen LogP contribution in [0.25, 0.3) is 38.5 Å². The van der Waals surface area contributed by atoms with Crippen molar-refractivity contribution in [2.45, 2.75) is 41.1 Å². The summed E-state index contributed by atoms with van der Waals surface area (Å²) < 4.78 is 43.5. The van der Waals surface area contributed by atoms with Crippen molar-refractivity contribution in [1.82, 2.24) is 0 Å². The maximum Gasteiger partial charge on any atom is 0.294 e. The third-order valence-electron chi connectivity index (χ3n) is 9.74. The highest BCUT2D eigenvalue weighted by Gasteiger charge is 2.29. The third-order valence-corrected chi connectivity index (χ3v) is 13.6. The third kappa shape index (κ3) is 8.64. The first-order chi connectivity index (χ1) is 27.8. The first-order valence-electron chi connectivity index (χ1n) is 18.2. The monoisotopic (exact) mass is 829 g/mol. The Hall–Kier alpha value is -5.02. The van der Waals surface area contributed by atoms with Crippen molar-refractivity contribution in [2.75, 3.05) is 4.90 Å². The Morgan fingerprint density at radius 2 is 1.44 bits per heavy atom. The fourth-order valence-electron chi connectivity index (χ4n) is 6.92. The van der Waals surface area contributed by atoms with E-state index in [9.17, 15) is 13.0 Å². The van der Waals surface area contributed by atoms with Crippen LogP contribution in [0.15, 0.2) is 177 Å². The molecule has 2 heterocycles. The van der Waals surface area contributed by atoms with Crippen LogP contribution in [0, 0.1) is 0 Å². The zero-order valence-corrected chi connectivity index (χ0v) is 34.0. The molecule has 12 heteroatoms. The molecule has 8 nitrogen and oxygen atoms in total. The van der Waals surface area contributed by atoms with Crippen molar-refractivity contribution in [3.63, 3.8) is 0 Å². The molecule has 7 aromatic rings. The van der Waals surface area contributed by atoms with Gasteiger partial charge in [0.15, 0.2) is 6.54 Å². The molecule has 0 fully saturated rings. The van der Waals surface area contributed by atoms with E-state index in [1.54, 1.807) is 41.3 Å². The van der Waals surface area contributed by atoms with Crippen LogP contribution in [-0.4, -0.2) is 18.2 Å². The maximum absolute atomic E-state index is 12.5. The highest BCUT2D eigenvalue weighted by Crippen LogP contribution is 2.49. The molecule has 0 saturated carbocycles. The zero-order chi connectivity index (χ0) is 39.4. The highest BCUT2D eigenvalue weighted by molar-refractivity contribution is 8.03. The van der Waals surface area contributed by atoms with Crippen molar-refractivity contribution >= 4 is 67.2 Å². The lowest BCUT2D eigenvalue weighted by Gasteiger charge is -2.22. The molecule has 1 aliphatic rings. The fraction of sp³-hybridized carbons (Fsp3) is 0.0889. The lowest BCUT2D eigenvalue weighted by molar-refractivity contribution is -0.660. The lowest BCUT2D eigenvalue weighted by atomic mass is 10.0. The summed E-state index contributed by atoms with van der Waals surface area (Å²) in [6, 6.07) is 47.9. The van der Waals surface area contributed by atoms with E-state index < -0.39 is 10.1 Å². The topological polar surface area (TPSA) is 100 Å². The minimum absolute atomic E-state index is 0.108. The van der Waals surface area contributed by atoms with Crippen LogP contribution in [0.2, 0.25) is 0 Å². The molecule has 0 spiro atoms. The van der Waals surface area contributed by atoms with Crippen molar-refractivity contribution in [3.8, 4) is 22.3 Å². The number of allylic oxidation sites excluding steroid dienone is 2. The van der Waals surface area contributed by atoms with Gasteiger partial charge in [0.05, 0.1) is 34.2 Å². The van der Waals surface area contributed by atoms with Gasteiger partial charge in [0.2, 0.25) is 5.52 Å². The predicted octanol–water partition coefficient (Wildman–Crippen LogP) is 11.7. The molecule has 2 N–H and O–H groups in total. The van der Waals surface area contributed by atoms with Crippen molar-refractivity contribution < 1.29 is 32.2 Å². The fourth-order valence-corrected chi connectivity index (χ4v) is 10.3. The number of thiazole rings is 1. The van der Waals surface area contributed by atoms with Crippen molar-refractivity contribution in [2.24, 2.45) is 0 Å². The number of benzene rings is 6. The minimum atomic E-state index is -4.46. The molecular formula is C45H37N2O6S4+. The van der Waals surface area contributed by atoms with Gasteiger partial charge in [-0.05, 0) is 76.2 Å². The molecule has 57 heavy (non-hydrogen) atoms. The van der Waals surface area contributed by atoms with Gasteiger partial charge in [-0.1, -0.05) is 144 Å². The van der Waals surface area contributed by atoms with Crippen molar-refractivity contribution in [3.05, 3.63) is 178 Å². The van der Waals surface area contributed by atoms with Gasteiger partial charge in [0.1, 0.15) is 4.70 Å². The van der Waals surface area contributed by atoms with Crippen LogP contribution in [0.5, 0.6) is 0 Å². The van der Waals surface area contributed by atoms with E-state index in [4.69, 9.17) is 9.59 Å². The van der Waals surface area contributed by atoms with Gasteiger partial charge in [-0.15, -0.1) is 4.33 Å². The van der Waals surface area contributed by atoms with E-state index in [0.29, 0.717) is 12.1 Å². The molecule has 1 aliphatic heterocycles. The molecule has 1 aromatic heterocycles. The molecule has 0 saturated heterocycles. The van der Waals surface area contributed by atoms with Crippen LogP contribution in [0.1, 0.15) is 29.5 Å². The maximum atomic E-state index is 12.5. The minimum Gasteiger partial charge on any atom is -0.330 e. The molecule has 8 rings (SSSR count). The zero-order valence-electron chi connectivity index (χ0n) is 30.7. The first-order valence-corrected chi connectivity index (χ1v) is 22.0. The SMILES string of the molecule is CCC(=Cc1sc2ccc(-c3ccccc3)cc2[n+]1Cc1ccccc1SOOO)C=C1Sc2ccc(-c3ccccc3)cc2N1Cc1ccccc1S(=O)(=O)O. The Labute approximate surface area is 344 Å². The molecule has 0 bridgehead atoms. The van der Waals surface area contributed by atoms with Crippen LogP contribution in [0.3, 0.4) is 0 Å². The highest BCUT2D eigenvalue weighted by atomic mass is 32.2. The number of fused-ring (bicyclic) bond motifs is 2. The molecule has 6 aromatic carbocycles. The summed E-state index contributed by atoms with van der Waals surface area (Å²) in [5.41, 5.74) is 8.96. The Balaban J connectivity index is 1.25. The second-order valence-corrected chi connectivity index (χ2v) is 17.5. The Morgan fingerprint density at radius 3 is 2.14 bits per heavy atom. The summed E-state index contributed by atoms with van der Waals surface area (Å²) in [7, 11) is -4.46. The van der Waals surface area contributed by atoms with E-state index in [1.165, 1.54) is 6.07 Å². The predicted molar refractivity (Wildman–Crippen MR) is 230 cm³/mol. The summed E-state index contributed by atoms with van der Waals surface area (Å²) in [6.45, 7) is 2.89. The molecule has 0 amide bonds. The Morgan fingerprint density at radius 1 is 0.789 bits per heavy atom. The molecule has 286 valence electrons. The summed E-state index contributed by atoms with van der Waals surface area (Å²) in [5, 5.41) is 14.8. The number of aromatic nitrogens is 1. The second-order valence-electron chi connectivity index (χ2n) is 13.3. The van der Waals surface area contributed by atoms with Crippen LogP contribution in [-0.2, 0) is 32.6 Å². The van der Waals surface area contributed by atoms with Gasteiger partial charge in [-0.2, -0.15) is 13.0 Å². The van der Waals surface area contributed by atoms with Crippen molar-refractivity contribution in [1.29, 1.82) is 0 Å². The van der Waals surface area contributed by atoms with Crippen LogP contribution in [0.4, 0.5) is 5.69 Å². The van der Waals surface area contributed by atoms with E-state index in [1.807, 2.05) is 60.7 Å². The average Bonchev–Trinajstić information content (AvgIpc) is 3.75. The number of anilines is 1. The summed E-state index contributed by atoms with van der Waals surface area (Å²) in [5.74, 6) is 0. The summed E-state index contributed by atoms with van der Waals surface area (Å²) >= 11 is 4.29. The van der Waals surface area contributed by atoms with Gasteiger partial charge in [-0.25, -0.2) is 5.26 Å². The average molecular weight is 830 g/mol. The Kier molecular flexibility index (Phi) is 11.7. The standard InChI is InChI=1S/C45H36N2O6S4/c1-2-31(25-44-46(29-36-17-9-11-19-40(36)56-53-52-48)38-27-34(21-23-41(38)54-44)32-13-5-3-6-14-32)26-45-47(30-37-18-10-12-20-43(37)57(49,50)51)39-28-35(22-24-42(39)55-45)33-15-7-4-8-16-33/h3-28H,2,29-30H2,1H3,(H-,48,49,50,51)/p+1. The van der Waals surface area contributed by atoms with E-state index in [0.717, 1.165) is 87.6 Å². The van der Waals surface area contributed by atoms with Crippen LogP contribution >= 0.6 is 35.1 Å². The van der Waals surface area contributed by atoms with Gasteiger partial charge in [0, 0.05) is 27.5 Å². The van der Waals surface area contributed by atoms with Gasteiger partial charge in [-0.3, -0.25) is 4.55 Å². The lowest BCUT2D eigenvalue weighted by Crippen LogP contribution is -2.36. The largest absolute Gasteiger partial charge is 0.330 e. The van der Waals surface area contributed by atoms with Crippen LogP contribution < -0.4 is 9.47 Å². The summed E-state index contributed by atoms with van der Waals surface area (Å²) in [4.78, 5) is 3.89. The first kappa shape index (κ1) is 38.8. The second kappa shape index (κ2) is 17.2. The van der Waals surface area contributed by atoms with Gasteiger partial charge in [0.25, 0.3) is 15.1 Å². The molecule has 0 atom stereocenters. The van der Waals surface area contributed by atoms with Gasteiger partial charge >= 0.3 is 0 Å². The molecule has 0 radical (unpaired) electrons. The normalized spacial score (nSPS) is 13.8. The molecule has 0 aliphatic carbocycles. The summed E-state index contributed by atoms with van der Waals surface area (Å²) in [6.07, 6.45) is 5.14. The smallest absolute Gasteiger partial charge is 0.294 e. The Bertz CT molecular complexity index is 2730. The number of hydrogen-bond acceptors (Lipinski definition) is 9. The number of rotatable bonds is 13. The molecule has 0 unspecified atom stereocenters. The quantitative estimate of drug-likeness (QED) is 0.0387. The van der Waals surface area contributed by atoms with E-state index >= 15 is 0 Å².